The Morgan fingerprint density at radius 3 is 2.75 bits per heavy atom. The summed E-state index contributed by atoms with van der Waals surface area (Å²) in [6.07, 6.45) is 0.991. The molecule has 0 heterocycles. The van der Waals surface area contributed by atoms with E-state index >= 15 is 0 Å². The van der Waals surface area contributed by atoms with E-state index in [4.69, 9.17) is 10.8 Å². The molecule has 0 aliphatic heterocycles. The Kier molecular flexibility index (Phi) is 5.59. The molecule has 2 nitrogen and oxygen atoms in total. The molecule has 0 aliphatic rings. The fraction of sp³-hybridized carbons (Fsp3) is 1.00. The highest BCUT2D eigenvalue weighted by atomic mass is 32.2. The molecule has 0 aliphatic carbocycles. The van der Waals surface area contributed by atoms with E-state index in [-0.39, 0.29) is 5.94 Å². The van der Waals surface area contributed by atoms with Gasteiger partial charge in [0.1, 0.15) is 0 Å². The van der Waals surface area contributed by atoms with Gasteiger partial charge in [0.2, 0.25) is 0 Å². The lowest BCUT2D eigenvalue weighted by molar-refractivity contribution is 0.374. The quantitative estimate of drug-likeness (QED) is 0.549. The van der Waals surface area contributed by atoms with Gasteiger partial charge in [0.25, 0.3) is 0 Å². The summed E-state index contributed by atoms with van der Waals surface area (Å²) >= 11 is 1.53. The van der Waals surface area contributed by atoms with Crippen molar-refractivity contribution in [1.29, 1.82) is 0 Å². The molecule has 0 amide bonds. The van der Waals surface area contributed by atoms with Crippen molar-refractivity contribution < 1.29 is 5.11 Å². The maximum absolute atomic E-state index is 8.39. The van der Waals surface area contributed by atoms with Crippen LogP contribution in [0.1, 0.15) is 13.3 Å². The summed E-state index contributed by atoms with van der Waals surface area (Å²) in [5.41, 5.74) is 5.26. The van der Waals surface area contributed by atoms with Crippen molar-refractivity contribution in [2.75, 3.05) is 12.5 Å². The van der Waals surface area contributed by atoms with Gasteiger partial charge in [0.05, 0.1) is 5.94 Å². The van der Waals surface area contributed by atoms with E-state index in [9.17, 15) is 0 Å². The number of aliphatic hydroxyl groups is 1. The summed E-state index contributed by atoms with van der Waals surface area (Å²) in [6.45, 7) is 2.78. The zero-order valence-electron chi connectivity index (χ0n) is 5.13. The van der Waals surface area contributed by atoms with Crippen LogP contribution < -0.4 is 5.73 Å². The van der Waals surface area contributed by atoms with E-state index in [2.05, 4.69) is 6.92 Å². The first-order chi connectivity index (χ1) is 3.81. The molecule has 0 saturated heterocycles. The third-order valence-electron chi connectivity index (χ3n) is 0.932. The maximum atomic E-state index is 8.39. The highest BCUT2D eigenvalue weighted by Gasteiger charge is 1.97. The summed E-state index contributed by atoms with van der Waals surface area (Å²) in [5.74, 6) is 0.209. The molecule has 0 aromatic heterocycles. The van der Waals surface area contributed by atoms with E-state index in [1.807, 2.05) is 0 Å². The van der Waals surface area contributed by atoms with Crippen molar-refractivity contribution >= 4 is 11.8 Å². The van der Waals surface area contributed by atoms with Crippen LogP contribution in [0.15, 0.2) is 0 Å². The monoisotopic (exact) mass is 135 g/mol. The van der Waals surface area contributed by atoms with Crippen LogP contribution in [0.25, 0.3) is 0 Å². The van der Waals surface area contributed by atoms with Gasteiger partial charge < -0.3 is 10.8 Å². The van der Waals surface area contributed by atoms with Gasteiger partial charge in [-0.05, 0) is 13.0 Å². The second-order valence-corrected chi connectivity index (χ2v) is 3.08. The van der Waals surface area contributed by atoms with Crippen LogP contribution in [-0.2, 0) is 0 Å². The third kappa shape index (κ3) is 4.43. The molecule has 0 bridgehead atoms. The zero-order valence-corrected chi connectivity index (χ0v) is 5.95. The normalized spacial score (nSPS) is 13.9. The molecule has 1 atom stereocenters. The van der Waals surface area contributed by atoms with E-state index in [1.54, 1.807) is 0 Å². The van der Waals surface area contributed by atoms with Gasteiger partial charge in [0, 0.05) is 5.25 Å². The average molecular weight is 135 g/mol. The number of aliphatic hydroxyl groups excluding tert-OH is 1. The smallest absolute Gasteiger partial charge is 0.0888 e. The highest BCUT2D eigenvalue weighted by molar-refractivity contribution is 7.99. The number of rotatable bonds is 4. The minimum atomic E-state index is 0.209. The average Bonchev–Trinajstić information content (AvgIpc) is 1.68. The number of thioether (sulfide) groups is 1. The van der Waals surface area contributed by atoms with Crippen molar-refractivity contribution in [1.82, 2.24) is 0 Å². The SMILES string of the molecule is CC(CCN)SCO. The Morgan fingerprint density at radius 1 is 1.75 bits per heavy atom. The summed E-state index contributed by atoms with van der Waals surface area (Å²) < 4.78 is 0. The molecule has 3 N–H and O–H groups in total. The van der Waals surface area contributed by atoms with Crippen LogP contribution in [0.3, 0.4) is 0 Å². The van der Waals surface area contributed by atoms with Crippen LogP contribution in [0.4, 0.5) is 0 Å². The lowest BCUT2D eigenvalue weighted by Crippen LogP contribution is -2.07. The maximum Gasteiger partial charge on any atom is 0.0888 e. The van der Waals surface area contributed by atoms with Crippen molar-refractivity contribution in [3.8, 4) is 0 Å². The van der Waals surface area contributed by atoms with Crippen LogP contribution in [-0.4, -0.2) is 22.8 Å². The first-order valence-electron chi connectivity index (χ1n) is 2.73. The molecule has 1 unspecified atom stereocenters. The zero-order chi connectivity index (χ0) is 6.41. The van der Waals surface area contributed by atoms with Gasteiger partial charge in [-0.15, -0.1) is 11.8 Å². The van der Waals surface area contributed by atoms with Crippen LogP contribution in [0.2, 0.25) is 0 Å². The number of hydrogen-bond donors (Lipinski definition) is 2. The van der Waals surface area contributed by atoms with Gasteiger partial charge in [-0.1, -0.05) is 6.92 Å². The molecule has 0 aromatic carbocycles. The highest BCUT2D eigenvalue weighted by Crippen LogP contribution is 2.10. The molecular formula is C5H13NOS. The van der Waals surface area contributed by atoms with Crippen LogP contribution >= 0.6 is 11.8 Å². The molecule has 50 valence electrons. The van der Waals surface area contributed by atoms with E-state index in [1.165, 1.54) is 11.8 Å². The van der Waals surface area contributed by atoms with E-state index in [0.29, 0.717) is 11.8 Å². The van der Waals surface area contributed by atoms with Crippen LogP contribution in [0.5, 0.6) is 0 Å². The molecular weight excluding hydrogens is 122 g/mol. The molecule has 0 rings (SSSR count). The summed E-state index contributed by atoms with van der Waals surface area (Å²) in [5, 5.41) is 8.89. The number of hydrogen-bond acceptors (Lipinski definition) is 3. The standard InChI is InChI=1S/C5H13NOS/c1-5(2-3-6)8-4-7/h5,7H,2-4,6H2,1H3. The van der Waals surface area contributed by atoms with Gasteiger partial charge in [-0.3, -0.25) is 0 Å². The molecule has 0 fully saturated rings. The van der Waals surface area contributed by atoms with E-state index in [0.717, 1.165) is 6.42 Å². The molecule has 0 saturated carbocycles. The lowest BCUT2D eigenvalue weighted by Gasteiger charge is -2.04. The fourth-order valence-electron chi connectivity index (χ4n) is 0.445. The van der Waals surface area contributed by atoms with Crippen molar-refractivity contribution in [2.45, 2.75) is 18.6 Å². The minimum absolute atomic E-state index is 0.209. The first-order valence-corrected chi connectivity index (χ1v) is 3.78. The molecule has 0 radical (unpaired) electrons. The summed E-state index contributed by atoms with van der Waals surface area (Å²) in [4.78, 5) is 0. The largest absolute Gasteiger partial charge is 0.386 e. The minimum Gasteiger partial charge on any atom is -0.386 e. The predicted octanol–water partition coefficient (Wildman–Crippen LogP) is 0.407. The van der Waals surface area contributed by atoms with Crippen molar-refractivity contribution in [3.63, 3.8) is 0 Å². The van der Waals surface area contributed by atoms with Gasteiger partial charge in [0.15, 0.2) is 0 Å². The van der Waals surface area contributed by atoms with Crippen molar-refractivity contribution in [2.24, 2.45) is 5.73 Å². The topological polar surface area (TPSA) is 46.2 Å². The van der Waals surface area contributed by atoms with Gasteiger partial charge in [-0.25, -0.2) is 0 Å². The summed E-state index contributed by atoms with van der Waals surface area (Å²) in [7, 11) is 0. The molecule has 0 aromatic rings. The third-order valence-corrected chi connectivity index (χ3v) is 1.89. The number of nitrogens with two attached hydrogens (primary N) is 1. The van der Waals surface area contributed by atoms with Gasteiger partial charge >= 0.3 is 0 Å². The lowest BCUT2D eigenvalue weighted by atomic mass is 10.3. The first kappa shape index (κ1) is 8.27. The predicted molar refractivity (Wildman–Crippen MR) is 37.8 cm³/mol. The van der Waals surface area contributed by atoms with E-state index < -0.39 is 0 Å². The molecule has 0 spiro atoms. The molecule has 8 heavy (non-hydrogen) atoms. The van der Waals surface area contributed by atoms with Crippen molar-refractivity contribution in [3.05, 3.63) is 0 Å². The second kappa shape index (κ2) is 5.41. The van der Waals surface area contributed by atoms with Crippen LogP contribution in [0, 0.1) is 0 Å². The Hall–Kier alpha value is 0.270. The Bertz CT molecular complexity index is 45.7. The Morgan fingerprint density at radius 2 is 2.38 bits per heavy atom. The van der Waals surface area contributed by atoms with Gasteiger partial charge in [-0.2, -0.15) is 0 Å². The second-order valence-electron chi connectivity index (χ2n) is 1.68. The summed E-state index contributed by atoms with van der Waals surface area (Å²) in [6, 6.07) is 0. The fourth-order valence-corrected chi connectivity index (χ4v) is 1.00. The Labute approximate surface area is 54.5 Å². The Balaban J connectivity index is 2.92. The molecule has 3 heteroatoms.